The van der Waals surface area contributed by atoms with E-state index >= 15 is 4.39 Å². The normalized spacial score (nSPS) is 21.3. The molecule has 0 bridgehead atoms. The van der Waals surface area contributed by atoms with Crippen molar-refractivity contribution in [3.8, 4) is 5.75 Å². The van der Waals surface area contributed by atoms with Crippen molar-refractivity contribution in [2.45, 2.75) is 6.17 Å². The smallest absolute Gasteiger partial charge is 0.341 e. The Morgan fingerprint density at radius 2 is 2.18 bits per heavy atom. The Labute approximate surface area is 158 Å². The van der Waals surface area contributed by atoms with Gasteiger partial charge in [0.1, 0.15) is 22.9 Å². The molecule has 0 spiro atoms. The zero-order valence-corrected chi connectivity index (χ0v) is 15.4. The fourth-order valence-corrected chi connectivity index (χ4v) is 3.94. The van der Waals surface area contributed by atoms with Crippen molar-refractivity contribution in [1.82, 2.24) is 9.99 Å². The van der Waals surface area contributed by atoms with Crippen LogP contribution in [0.2, 0.25) is 0 Å². The number of carbonyl (C=O) groups is 1. The number of hydrogen-bond donors (Lipinski definition) is 2. The van der Waals surface area contributed by atoms with E-state index in [1.807, 2.05) is 0 Å². The monoisotopic (exact) mass is 394 g/mol. The minimum atomic E-state index is -1.39. The molecule has 1 aromatic heterocycles. The molecule has 2 aliphatic heterocycles. The summed E-state index contributed by atoms with van der Waals surface area (Å²) in [4.78, 5) is 25.6. The van der Waals surface area contributed by atoms with Crippen molar-refractivity contribution in [1.29, 1.82) is 0 Å². The minimum absolute atomic E-state index is 0.0123. The molecule has 1 saturated heterocycles. The maximum atomic E-state index is 15.1. The van der Waals surface area contributed by atoms with Gasteiger partial charge in [0.25, 0.3) is 0 Å². The number of aromatic nitrogens is 1. The number of rotatable bonds is 4. The highest BCUT2D eigenvalue weighted by molar-refractivity contribution is 5.97. The summed E-state index contributed by atoms with van der Waals surface area (Å²) in [5.41, 5.74) is -0.883. The standard InChI is InChI=1S/C18H20F2N4O4/c1-21-4-9-5-23(7-13(9)20)15-12(19)3-10-14-17(15)28-8-22(2)24(14)6-11(16(10)25)18(26)27/h3,6,9,13,21H,4-5,7-8H2,1-2H3,(H,26,27). The van der Waals surface area contributed by atoms with Gasteiger partial charge in [-0.3, -0.25) is 14.5 Å². The first-order valence-electron chi connectivity index (χ1n) is 8.86. The number of alkyl halides is 1. The molecule has 2 atom stereocenters. The molecule has 2 N–H and O–H groups in total. The molecule has 0 radical (unpaired) electrons. The minimum Gasteiger partial charge on any atom is -0.477 e. The maximum absolute atomic E-state index is 15.1. The number of ether oxygens (including phenoxy) is 1. The summed E-state index contributed by atoms with van der Waals surface area (Å²) in [7, 11) is 3.38. The van der Waals surface area contributed by atoms with Crippen LogP contribution in [-0.4, -0.2) is 62.4 Å². The Hall–Kier alpha value is -2.88. The Kier molecular flexibility index (Phi) is 4.37. The molecule has 3 heterocycles. The molecular weight excluding hydrogens is 374 g/mol. The lowest BCUT2D eigenvalue weighted by Crippen LogP contribution is -2.40. The lowest BCUT2D eigenvalue weighted by molar-refractivity contribution is 0.0694. The first-order valence-corrected chi connectivity index (χ1v) is 8.86. The van der Waals surface area contributed by atoms with Gasteiger partial charge in [0.2, 0.25) is 5.43 Å². The molecular formula is C18H20F2N4O4. The molecule has 28 heavy (non-hydrogen) atoms. The van der Waals surface area contributed by atoms with E-state index in [1.54, 1.807) is 24.0 Å². The van der Waals surface area contributed by atoms with E-state index in [9.17, 15) is 19.1 Å². The van der Waals surface area contributed by atoms with Gasteiger partial charge in [-0.05, 0) is 13.1 Å². The average molecular weight is 394 g/mol. The second-order valence-corrected chi connectivity index (χ2v) is 7.12. The second-order valence-electron chi connectivity index (χ2n) is 7.12. The van der Waals surface area contributed by atoms with Gasteiger partial charge in [0, 0.05) is 38.8 Å². The SMILES string of the molecule is CNCC1CN(c2c(F)cc3c(=O)c(C(=O)O)cn4c3c2OCN4C)CC1F. The molecule has 1 aromatic carbocycles. The number of pyridine rings is 1. The van der Waals surface area contributed by atoms with Crippen LogP contribution in [0, 0.1) is 11.7 Å². The summed E-state index contributed by atoms with van der Waals surface area (Å²) >= 11 is 0. The quantitative estimate of drug-likeness (QED) is 0.791. The van der Waals surface area contributed by atoms with Gasteiger partial charge in [0.05, 0.1) is 5.39 Å². The van der Waals surface area contributed by atoms with Crippen molar-refractivity contribution < 1.29 is 23.4 Å². The van der Waals surface area contributed by atoms with E-state index in [2.05, 4.69) is 5.32 Å². The van der Waals surface area contributed by atoms with Crippen LogP contribution in [0.15, 0.2) is 17.1 Å². The van der Waals surface area contributed by atoms with E-state index in [4.69, 9.17) is 4.74 Å². The molecule has 10 heteroatoms. The topological polar surface area (TPSA) is 87.0 Å². The lowest BCUT2D eigenvalue weighted by atomic mass is 10.1. The predicted molar refractivity (Wildman–Crippen MR) is 99.3 cm³/mol. The van der Waals surface area contributed by atoms with Gasteiger partial charge in [-0.15, -0.1) is 0 Å². The van der Waals surface area contributed by atoms with E-state index < -0.39 is 29.0 Å². The molecule has 2 aliphatic rings. The molecule has 1 fully saturated rings. The Balaban J connectivity index is 1.94. The first kappa shape index (κ1) is 18.5. The lowest BCUT2D eigenvalue weighted by Gasteiger charge is -2.33. The van der Waals surface area contributed by atoms with Crippen LogP contribution in [-0.2, 0) is 0 Å². The van der Waals surface area contributed by atoms with Crippen LogP contribution in [0.3, 0.4) is 0 Å². The van der Waals surface area contributed by atoms with Crippen molar-refractivity contribution >= 4 is 22.6 Å². The van der Waals surface area contributed by atoms with Crippen LogP contribution >= 0.6 is 0 Å². The Morgan fingerprint density at radius 3 is 2.86 bits per heavy atom. The fraction of sp³-hybridized carbons (Fsp3) is 0.444. The van der Waals surface area contributed by atoms with Crippen LogP contribution < -0.4 is 25.4 Å². The highest BCUT2D eigenvalue weighted by Gasteiger charge is 2.37. The zero-order valence-electron chi connectivity index (χ0n) is 15.4. The predicted octanol–water partition coefficient (Wildman–Crippen LogP) is 0.750. The third-order valence-electron chi connectivity index (χ3n) is 5.29. The fourth-order valence-electron chi connectivity index (χ4n) is 3.94. The summed E-state index contributed by atoms with van der Waals surface area (Å²) in [5.74, 6) is -2.30. The largest absolute Gasteiger partial charge is 0.477 e. The third kappa shape index (κ3) is 2.67. The number of carboxylic acids is 1. The summed E-state index contributed by atoms with van der Waals surface area (Å²) in [6, 6.07) is 1.01. The van der Waals surface area contributed by atoms with Crippen LogP contribution in [0.1, 0.15) is 10.4 Å². The van der Waals surface area contributed by atoms with Crippen LogP contribution in [0.5, 0.6) is 5.75 Å². The number of carboxylic acid groups (broad SMARTS) is 1. The number of halogens is 2. The molecule has 8 nitrogen and oxygen atoms in total. The van der Waals surface area contributed by atoms with E-state index in [0.29, 0.717) is 13.1 Å². The summed E-state index contributed by atoms with van der Waals surface area (Å²) in [6.45, 7) is 0.790. The van der Waals surface area contributed by atoms with Crippen LogP contribution in [0.25, 0.3) is 10.9 Å². The maximum Gasteiger partial charge on any atom is 0.341 e. The van der Waals surface area contributed by atoms with Gasteiger partial charge in [-0.1, -0.05) is 0 Å². The van der Waals surface area contributed by atoms with Gasteiger partial charge >= 0.3 is 5.97 Å². The molecule has 0 aliphatic carbocycles. The van der Waals surface area contributed by atoms with Crippen molar-refractivity contribution in [3.05, 3.63) is 33.9 Å². The van der Waals surface area contributed by atoms with Gasteiger partial charge in [0.15, 0.2) is 18.3 Å². The summed E-state index contributed by atoms with van der Waals surface area (Å²) in [6.07, 6.45) is 0.0736. The Morgan fingerprint density at radius 1 is 1.43 bits per heavy atom. The number of benzene rings is 1. The zero-order chi connectivity index (χ0) is 20.2. The highest BCUT2D eigenvalue weighted by atomic mass is 19.1. The second kappa shape index (κ2) is 6.62. The van der Waals surface area contributed by atoms with Crippen molar-refractivity contribution in [2.75, 3.05) is 50.4 Å². The third-order valence-corrected chi connectivity index (χ3v) is 5.29. The molecule has 0 saturated carbocycles. The van der Waals surface area contributed by atoms with E-state index in [-0.39, 0.29) is 41.5 Å². The number of aromatic carboxylic acids is 1. The number of anilines is 1. The summed E-state index contributed by atoms with van der Waals surface area (Å²) in [5, 5.41) is 13.7. The Bertz CT molecular complexity index is 1030. The number of nitrogens with one attached hydrogen (secondary N) is 1. The molecule has 150 valence electrons. The van der Waals surface area contributed by atoms with Crippen molar-refractivity contribution in [2.24, 2.45) is 5.92 Å². The average Bonchev–Trinajstić information content (AvgIpc) is 2.99. The molecule has 0 amide bonds. The van der Waals surface area contributed by atoms with Gasteiger partial charge in [-0.2, -0.15) is 0 Å². The first-order chi connectivity index (χ1) is 13.3. The van der Waals surface area contributed by atoms with E-state index in [1.165, 1.54) is 10.9 Å². The highest BCUT2D eigenvalue weighted by Crippen LogP contribution is 2.42. The van der Waals surface area contributed by atoms with Gasteiger partial charge in [-0.25, -0.2) is 13.6 Å². The number of nitrogens with zero attached hydrogens (tertiary/aromatic N) is 3. The molecule has 2 aromatic rings. The van der Waals surface area contributed by atoms with Crippen molar-refractivity contribution in [3.63, 3.8) is 0 Å². The number of hydrogen-bond acceptors (Lipinski definition) is 6. The van der Waals surface area contributed by atoms with Crippen LogP contribution in [0.4, 0.5) is 14.5 Å². The molecule has 2 unspecified atom stereocenters. The van der Waals surface area contributed by atoms with E-state index in [0.717, 1.165) is 6.07 Å². The summed E-state index contributed by atoms with van der Waals surface area (Å²) < 4.78 is 36.6. The van der Waals surface area contributed by atoms with Gasteiger partial charge < -0.3 is 20.1 Å². The molecule has 4 rings (SSSR count).